The number of nitriles is 1. The molecule has 2 unspecified atom stereocenters. The lowest BCUT2D eigenvalue weighted by Gasteiger charge is -2.35. The number of anilines is 1. The van der Waals surface area contributed by atoms with E-state index in [1.165, 1.54) is 24.4 Å². The molecule has 0 radical (unpaired) electrons. The van der Waals surface area contributed by atoms with E-state index in [0.717, 1.165) is 12.3 Å². The molecule has 0 bridgehead atoms. The summed E-state index contributed by atoms with van der Waals surface area (Å²) in [5, 5.41) is 19.8. The van der Waals surface area contributed by atoms with Gasteiger partial charge in [0.15, 0.2) is 0 Å². The third-order valence-corrected chi connectivity index (χ3v) is 5.64. The van der Waals surface area contributed by atoms with Crippen molar-refractivity contribution in [3.8, 4) is 6.07 Å². The maximum Gasteiger partial charge on any atom is 0.433 e. The normalized spacial score (nSPS) is 17.5. The molecule has 2 atom stereocenters. The number of rotatable bonds is 6. The molecule has 0 saturated heterocycles. The highest BCUT2D eigenvalue weighted by atomic mass is 19.4. The SMILES string of the molecule is N#CC(=N)c1c(NCc2ccc(C(F)(F)F)nc2)nc(C2CCC2c2ncccc2F)[nH]c1=O. The average Bonchev–Trinajstić information content (AvgIpc) is 2.77. The van der Waals surface area contributed by atoms with Gasteiger partial charge >= 0.3 is 6.18 Å². The number of nitrogens with zero attached hydrogens (tertiary/aromatic N) is 4. The fourth-order valence-corrected chi connectivity index (χ4v) is 3.79. The van der Waals surface area contributed by atoms with Gasteiger partial charge < -0.3 is 10.3 Å². The first-order valence-electron chi connectivity index (χ1n) is 10.2. The van der Waals surface area contributed by atoms with E-state index in [1.807, 2.05) is 0 Å². The van der Waals surface area contributed by atoms with Crippen LogP contribution in [0.15, 0.2) is 41.5 Å². The van der Waals surface area contributed by atoms with Crippen molar-refractivity contribution in [3.05, 3.63) is 81.2 Å². The number of nitrogens with one attached hydrogen (secondary N) is 3. The van der Waals surface area contributed by atoms with E-state index in [9.17, 15) is 22.4 Å². The molecular formula is C22H17F4N7O. The van der Waals surface area contributed by atoms with Crippen LogP contribution >= 0.6 is 0 Å². The molecule has 0 amide bonds. The van der Waals surface area contributed by atoms with E-state index < -0.39 is 29.0 Å². The maximum atomic E-state index is 14.2. The molecule has 174 valence electrons. The summed E-state index contributed by atoms with van der Waals surface area (Å²) in [4.78, 5) is 27.2. The number of H-pyrrole nitrogens is 1. The zero-order valence-corrected chi connectivity index (χ0v) is 17.4. The molecule has 12 heteroatoms. The zero-order chi connectivity index (χ0) is 24.5. The van der Waals surface area contributed by atoms with Crippen molar-refractivity contribution in [3.63, 3.8) is 0 Å². The molecule has 1 fully saturated rings. The Balaban J connectivity index is 1.63. The smallest absolute Gasteiger partial charge is 0.365 e. The first-order valence-corrected chi connectivity index (χ1v) is 10.2. The van der Waals surface area contributed by atoms with Crippen molar-refractivity contribution >= 4 is 11.5 Å². The number of pyridine rings is 2. The van der Waals surface area contributed by atoms with E-state index in [0.29, 0.717) is 18.4 Å². The molecule has 3 aromatic rings. The van der Waals surface area contributed by atoms with Gasteiger partial charge in [-0.15, -0.1) is 0 Å². The summed E-state index contributed by atoms with van der Waals surface area (Å²) < 4.78 is 52.4. The summed E-state index contributed by atoms with van der Waals surface area (Å²) in [5.41, 5.74) is -2.07. The first kappa shape index (κ1) is 23.0. The zero-order valence-electron chi connectivity index (χ0n) is 17.4. The van der Waals surface area contributed by atoms with Crippen molar-refractivity contribution in [1.82, 2.24) is 19.9 Å². The van der Waals surface area contributed by atoms with Gasteiger partial charge in [0, 0.05) is 30.8 Å². The van der Waals surface area contributed by atoms with Gasteiger partial charge in [0.1, 0.15) is 40.5 Å². The predicted molar refractivity (Wildman–Crippen MR) is 113 cm³/mol. The average molecular weight is 471 g/mol. The summed E-state index contributed by atoms with van der Waals surface area (Å²) in [6.07, 6.45) is -0.813. The van der Waals surface area contributed by atoms with E-state index in [-0.39, 0.29) is 41.3 Å². The van der Waals surface area contributed by atoms with E-state index in [2.05, 4.69) is 25.3 Å². The molecule has 1 aliphatic carbocycles. The van der Waals surface area contributed by atoms with Crippen LogP contribution in [0.3, 0.4) is 0 Å². The third-order valence-electron chi connectivity index (χ3n) is 5.64. The van der Waals surface area contributed by atoms with Crippen molar-refractivity contribution in [2.45, 2.75) is 37.4 Å². The first-order chi connectivity index (χ1) is 16.2. The molecule has 0 spiro atoms. The molecule has 8 nitrogen and oxygen atoms in total. The van der Waals surface area contributed by atoms with Crippen molar-refractivity contribution in [2.75, 3.05) is 5.32 Å². The van der Waals surface area contributed by atoms with Crippen LogP contribution in [0.5, 0.6) is 0 Å². The van der Waals surface area contributed by atoms with Gasteiger partial charge in [-0.2, -0.15) is 18.4 Å². The van der Waals surface area contributed by atoms with Crippen molar-refractivity contribution in [1.29, 1.82) is 10.7 Å². The van der Waals surface area contributed by atoms with E-state index in [4.69, 9.17) is 10.7 Å². The van der Waals surface area contributed by atoms with Crippen molar-refractivity contribution < 1.29 is 17.6 Å². The van der Waals surface area contributed by atoms with Gasteiger partial charge in [-0.05, 0) is 36.6 Å². The topological polar surface area (TPSA) is 131 Å². The fraction of sp³-hybridized carbons (Fsp3) is 0.273. The third kappa shape index (κ3) is 4.50. The number of aromatic amines is 1. The predicted octanol–water partition coefficient (Wildman–Crippen LogP) is 3.88. The van der Waals surface area contributed by atoms with Gasteiger partial charge in [-0.3, -0.25) is 20.2 Å². The van der Waals surface area contributed by atoms with Crippen molar-refractivity contribution in [2.24, 2.45) is 0 Å². The Labute approximate surface area is 190 Å². The van der Waals surface area contributed by atoms with Crippen LogP contribution in [0.4, 0.5) is 23.4 Å². The van der Waals surface area contributed by atoms with Crippen LogP contribution in [-0.4, -0.2) is 25.6 Å². The van der Waals surface area contributed by atoms with Crippen LogP contribution in [0.25, 0.3) is 0 Å². The van der Waals surface area contributed by atoms with E-state index in [1.54, 1.807) is 6.07 Å². The molecule has 34 heavy (non-hydrogen) atoms. The Bertz CT molecular complexity index is 1330. The highest BCUT2D eigenvalue weighted by Crippen LogP contribution is 2.47. The second kappa shape index (κ2) is 9.01. The number of hydrogen-bond acceptors (Lipinski definition) is 7. The van der Waals surface area contributed by atoms with Crippen LogP contribution < -0.4 is 10.9 Å². The minimum absolute atomic E-state index is 0.0598. The maximum absolute atomic E-state index is 14.2. The van der Waals surface area contributed by atoms with Gasteiger partial charge in [0.25, 0.3) is 5.56 Å². The van der Waals surface area contributed by atoms with Gasteiger partial charge in [0.05, 0.1) is 5.69 Å². The number of aromatic nitrogens is 4. The molecule has 4 rings (SSSR count). The van der Waals surface area contributed by atoms with Crippen LogP contribution in [0.1, 0.15) is 53.0 Å². The number of halogens is 4. The van der Waals surface area contributed by atoms with E-state index >= 15 is 0 Å². The lowest BCUT2D eigenvalue weighted by atomic mass is 9.71. The van der Waals surface area contributed by atoms with Crippen LogP contribution in [-0.2, 0) is 12.7 Å². The Hall–Kier alpha value is -4.14. The summed E-state index contributed by atoms with van der Waals surface area (Å²) in [6.45, 7) is -0.0598. The Morgan fingerprint density at radius 3 is 2.59 bits per heavy atom. The molecular weight excluding hydrogens is 454 g/mol. The van der Waals surface area contributed by atoms with Crippen LogP contribution in [0.2, 0.25) is 0 Å². The molecule has 1 aliphatic rings. The summed E-state index contributed by atoms with van der Waals surface area (Å²) in [5.74, 6) is -0.935. The lowest BCUT2D eigenvalue weighted by molar-refractivity contribution is -0.141. The molecule has 3 aromatic heterocycles. The molecule has 3 N–H and O–H groups in total. The summed E-state index contributed by atoms with van der Waals surface area (Å²) in [6, 6.07) is 6.42. The number of hydrogen-bond donors (Lipinski definition) is 3. The van der Waals surface area contributed by atoms with Gasteiger partial charge in [-0.1, -0.05) is 6.07 Å². The molecule has 0 aliphatic heterocycles. The quantitative estimate of drug-likeness (QED) is 0.369. The second-order valence-corrected chi connectivity index (χ2v) is 7.73. The molecule has 3 heterocycles. The monoisotopic (exact) mass is 471 g/mol. The Morgan fingerprint density at radius 2 is 2.00 bits per heavy atom. The molecule has 0 aromatic carbocycles. The number of alkyl halides is 3. The minimum atomic E-state index is -4.57. The Morgan fingerprint density at radius 1 is 1.24 bits per heavy atom. The highest BCUT2D eigenvalue weighted by molar-refractivity contribution is 6.12. The Kier molecular flexibility index (Phi) is 6.10. The second-order valence-electron chi connectivity index (χ2n) is 7.73. The minimum Gasteiger partial charge on any atom is -0.365 e. The van der Waals surface area contributed by atoms with Crippen LogP contribution in [0, 0.1) is 22.6 Å². The highest BCUT2D eigenvalue weighted by Gasteiger charge is 2.38. The fourth-order valence-electron chi connectivity index (χ4n) is 3.79. The summed E-state index contributed by atoms with van der Waals surface area (Å²) >= 11 is 0. The largest absolute Gasteiger partial charge is 0.433 e. The summed E-state index contributed by atoms with van der Waals surface area (Å²) in [7, 11) is 0. The van der Waals surface area contributed by atoms with Gasteiger partial charge in [0.2, 0.25) is 0 Å². The molecule has 1 saturated carbocycles. The van der Waals surface area contributed by atoms with Gasteiger partial charge in [-0.25, -0.2) is 9.37 Å². The lowest BCUT2D eigenvalue weighted by Crippen LogP contribution is -2.30. The standard InChI is InChI=1S/C22H17F4N7O/c23-14-2-1-7-29-18(14)12-4-5-13(12)19-32-20(17(15(28)8-27)21(34)33-19)31-10-11-3-6-16(30-9-11)22(24,25)26/h1-3,6-7,9,12-13,28H,4-5,10H2,(H2,31,32,33,34).